The van der Waals surface area contributed by atoms with Crippen LogP contribution < -0.4 is 5.32 Å². The average Bonchev–Trinajstić information content (AvgIpc) is 2.51. The van der Waals surface area contributed by atoms with E-state index in [1.807, 2.05) is 19.2 Å². The Morgan fingerprint density at radius 1 is 1.14 bits per heavy atom. The molecule has 0 saturated heterocycles. The summed E-state index contributed by atoms with van der Waals surface area (Å²) in [6.45, 7) is 5.05. The van der Waals surface area contributed by atoms with Crippen LogP contribution in [-0.4, -0.2) is 29.4 Å². The van der Waals surface area contributed by atoms with E-state index >= 15 is 0 Å². The van der Waals surface area contributed by atoms with Crippen molar-refractivity contribution in [2.75, 3.05) is 13.6 Å². The average molecular weight is 307 g/mol. The molecule has 3 heteroatoms. The molecule has 126 valence electrons. The molecule has 3 nitrogen and oxygen atoms in total. The first-order valence-electron chi connectivity index (χ1n) is 8.68. The monoisotopic (exact) mass is 307 g/mol. The van der Waals surface area contributed by atoms with Crippen LogP contribution in [0.4, 0.5) is 0 Å². The minimum atomic E-state index is -0.537. The highest BCUT2D eigenvalue weighted by atomic mass is 16.3. The summed E-state index contributed by atoms with van der Waals surface area (Å²) in [6, 6.07) is 8.16. The van der Waals surface area contributed by atoms with E-state index in [0.717, 1.165) is 57.1 Å². The van der Waals surface area contributed by atoms with Gasteiger partial charge in [0.05, 0.1) is 11.7 Å². The van der Waals surface area contributed by atoms with Crippen molar-refractivity contribution in [3.05, 3.63) is 35.4 Å². The van der Waals surface area contributed by atoms with E-state index in [-0.39, 0.29) is 0 Å². The smallest absolute Gasteiger partial charge is 0.0802 e. The normalized spacial score (nSPS) is 13.3. The maximum absolute atomic E-state index is 10.7. The number of aliphatic hydroxyl groups excluding tert-OH is 1. The van der Waals surface area contributed by atoms with Gasteiger partial charge < -0.3 is 15.5 Å². The quantitative estimate of drug-likeness (QED) is 0.585. The van der Waals surface area contributed by atoms with Gasteiger partial charge in [-0.05, 0) is 56.8 Å². The van der Waals surface area contributed by atoms with Gasteiger partial charge in [0.25, 0.3) is 0 Å². The Balaban J connectivity index is 2.65. The van der Waals surface area contributed by atoms with Crippen LogP contribution in [0.2, 0.25) is 0 Å². The predicted octanol–water partition coefficient (Wildman–Crippen LogP) is 3.59. The summed E-state index contributed by atoms with van der Waals surface area (Å²) in [5.41, 5.74) is 1.64. The fourth-order valence-corrected chi connectivity index (χ4v) is 3.09. The molecule has 0 spiro atoms. The van der Waals surface area contributed by atoms with E-state index in [0.29, 0.717) is 0 Å². The fraction of sp³-hybridized carbons (Fsp3) is 0.684. The summed E-state index contributed by atoms with van der Waals surface area (Å²) in [7, 11) is 1.89. The van der Waals surface area contributed by atoms with Crippen LogP contribution in [0.5, 0.6) is 0 Å². The molecule has 0 bridgehead atoms. The zero-order chi connectivity index (χ0) is 16.4. The lowest BCUT2D eigenvalue weighted by Gasteiger charge is -2.27. The van der Waals surface area contributed by atoms with Crippen molar-refractivity contribution in [2.24, 2.45) is 0 Å². The Hall–Kier alpha value is -0.900. The van der Waals surface area contributed by atoms with Gasteiger partial charge in [0.15, 0.2) is 0 Å². The molecule has 0 saturated carbocycles. The summed E-state index contributed by atoms with van der Waals surface area (Å²) in [4.78, 5) is 0. The molecule has 0 amide bonds. The number of rotatable bonds is 11. The maximum Gasteiger partial charge on any atom is 0.0802 e. The second-order valence-electron chi connectivity index (χ2n) is 6.38. The van der Waals surface area contributed by atoms with E-state index in [9.17, 15) is 10.2 Å². The molecular weight excluding hydrogens is 274 g/mol. The van der Waals surface area contributed by atoms with Crippen LogP contribution in [-0.2, 0) is 6.42 Å². The van der Waals surface area contributed by atoms with Crippen LogP contribution in [0.15, 0.2) is 24.3 Å². The molecular formula is C19H33NO2. The first-order valence-corrected chi connectivity index (χ1v) is 8.68. The van der Waals surface area contributed by atoms with Gasteiger partial charge in [-0.15, -0.1) is 0 Å². The zero-order valence-corrected chi connectivity index (χ0v) is 14.4. The van der Waals surface area contributed by atoms with Gasteiger partial charge in [0.1, 0.15) is 0 Å². The van der Waals surface area contributed by atoms with Crippen LogP contribution in [0, 0.1) is 0 Å². The molecule has 3 N–H and O–H groups in total. The molecule has 1 rings (SSSR count). The summed E-state index contributed by atoms with van der Waals surface area (Å²) in [5.74, 6) is 0. The van der Waals surface area contributed by atoms with E-state index < -0.39 is 11.7 Å². The molecule has 0 aliphatic heterocycles. The van der Waals surface area contributed by atoms with Gasteiger partial charge in [-0.2, -0.15) is 0 Å². The van der Waals surface area contributed by atoms with Gasteiger partial charge in [-0.1, -0.05) is 51.0 Å². The van der Waals surface area contributed by atoms with Crippen molar-refractivity contribution >= 4 is 0 Å². The largest absolute Gasteiger partial charge is 0.390 e. The Kier molecular flexibility index (Phi) is 8.69. The summed E-state index contributed by atoms with van der Waals surface area (Å²) in [6.07, 6.45) is 5.72. The third-order valence-electron chi connectivity index (χ3n) is 4.31. The van der Waals surface area contributed by atoms with Crippen LogP contribution in [0.1, 0.15) is 69.6 Å². The lowest BCUT2D eigenvalue weighted by Crippen LogP contribution is -2.28. The standard InChI is InChI=1S/C19H33NO2/c1-4-11-19(22,12-5-2)13-9-16-7-6-8-17(15-16)18(21)10-14-20-3/h6-8,15,18,20-22H,4-5,9-14H2,1-3H3/t18-/m1/s1. The number of aryl methyl sites for hydroxylation is 1. The van der Waals surface area contributed by atoms with Crippen LogP contribution in [0.3, 0.4) is 0 Å². The fourth-order valence-electron chi connectivity index (χ4n) is 3.09. The minimum absolute atomic E-state index is 0.419. The number of nitrogens with one attached hydrogen (secondary N) is 1. The number of benzene rings is 1. The number of aliphatic hydroxyl groups is 2. The van der Waals surface area contributed by atoms with Gasteiger partial charge in [0, 0.05) is 0 Å². The maximum atomic E-state index is 10.7. The van der Waals surface area contributed by atoms with Crippen LogP contribution in [0.25, 0.3) is 0 Å². The summed E-state index contributed by atoms with van der Waals surface area (Å²) < 4.78 is 0. The van der Waals surface area contributed by atoms with Crippen molar-refractivity contribution in [2.45, 2.75) is 70.5 Å². The first kappa shape index (κ1) is 19.1. The van der Waals surface area contributed by atoms with Gasteiger partial charge in [-0.25, -0.2) is 0 Å². The molecule has 0 aromatic heterocycles. The lowest BCUT2D eigenvalue weighted by molar-refractivity contribution is 0.0132. The third-order valence-corrected chi connectivity index (χ3v) is 4.31. The molecule has 1 aromatic carbocycles. The second-order valence-corrected chi connectivity index (χ2v) is 6.38. The lowest BCUT2D eigenvalue weighted by atomic mass is 9.86. The number of hydrogen-bond acceptors (Lipinski definition) is 3. The molecule has 0 heterocycles. The highest BCUT2D eigenvalue weighted by Gasteiger charge is 2.24. The molecule has 1 atom stereocenters. The SMILES string of the molecule is CCCC(O)(CCC)CCc1cccc([C@H](O)CCNC)c1. The summed E-state index contributed by atoms with van der Waals surface area (Å²) in [5, 5.41) is 24.0. The molecule has 0 aliphatic rings. The molecule has 0 unspecified atom stereocenters. The van der Waals surface area contributed by atoms with E-state index in [2.05, 4.69) is 31.3 Å². The highest BCUT2D eigenvalue weighted by Crippen LogP contribution is 2.26. The van der Waals surface area contributed by atoms with Crippen molar-refractivity contribution in [3.63, 3.8) is 0 Å². The van der Waals surface area contributed by atoms with Gasteiger partial charge >= 0.3 is 0 Å². The van der Waals surface area contributed by atoms with Gasteiger partial charge in [-0.3, -0.25) is 0 Å². The first-order chi connectivity index (χ1) is 10.5. The van der Waals surface area contributed by atoms with Crippen molar-refractivity contribution in [3.8, 4) is 0 Å². The van der Waals surface area contributed by atoms with E-state index in [1.165, 1.54) is 5.56 Å². The zero-order valence-electron chi connectivity index (χ0n) is 14.4. The van der Waals surface area contributed by atoms with Crippen LogP contribution >= 0.6 is 0 Å². The van der Waals surface area contributed by atoms with Crippen molar-refractivity contribution in [1.29, 1.82) is 0 Å². The van der Waals surface area contributed by atoms with E-state index in [4.69, 9.17) is 0 Å². The Labute approximate surface area is 135 Å². The Morgan fingerprint density at radius 3 is 2.41 bits per heavy atom. The predicted molar refractivity (Wildman–Crippen MR) is 93.0 cm³/mol. The molecule has 0 aliphatic carbocycles. The molecule has 22 heavy (non-hydrogen) atoms. The second kappa shape index (κ2) is 9.98. The Bertz CT molecular complexity index is 414. The molecule has 0 fully saturated rings. The van der Waals surface area contributed by atoms with E-state index in [1.54, 1.807) is 0 Å². The molecule has 1 aromatic rings. The minimum Gasteiger partial charge on any atom is -0.390 e. The highest BCUT2D eigenvalue weighted by molar-refractivity contribution is 5.25. The van der Waals surface area contributed by atoms with Crippen molar-refractivity contribution in [1.82, 2.24) is 5.32 Å². The molecule has 0 radical (unpaired) electrons. The topological polar surface area (TPSA) is 52.5 Å². The third kappa shape index (κ3) is 6.47. The summed E-state index contributed by atoms with van der Waals surface area (Å²) >= 11 is 0. The van der Waals surface area contributed by atoms with Crippen molar-refractivity contribution < 1.29 is 10.2 Å². The van der Waals surface area contributed by atoms with Gasteiger partial charge in [0.2, 0.25) is 0 Å². The Morgan fingerprint density at radius 2 is 1.82 bits per heavy atom. The number of hydrogen-bond donors (Lipinski definition) is 3.